The van der Waals surface area contributed by atoms with Crippen LogP contribution in [0.1, 0.15) is 5.56 Å². The van der Waals surface area contributed by atoms with E-state index in [1.54, 1.807) is 0 Å². The first-order valence-electron chi connectivity index (χ1n) is 10.2. The molecule has 0 unspecified atom stereocenters. The van der Waals surface area contributed by atoms with Gasteiger partial charge in [-0.25, -0.2) is 4.98 Å². The lowest BCUT2D eigenvalue weighted by molar-refractivity contribution is 0.652. The minimum absolute atomic E-state index is 0.724. The van der Waals surface area contributed by atoms with Crippen LogP contribution in [0.15, 0.2) is 67.0 Å². The van der Waals surface area contributed by atoms with E-state index in [0.717, 1.165) is 59.2 Å². The Hall–Kier alpha value is -3.18. The zero-order valence-electron chi connectivity index (χ0n) is 16.9. The lowest BCUT2D eigenvalue weighted by Crippen LogP contribution is -2.46. The molecule has 4 aromatic rings. The predicted molar refractivity (Wildman–Crippen MR) is 126 cm³/mol. The summed E-state index contributed by atoms with van der Waals surface area (Å²) < 4.78 is 0. The molecule has 0 bridgehead atoms. The molecule has 6 heteroatoms. The van der Waals surface area contributed by atoms with Crippen LogP contribution in [0.5, 0.6) is 0 Å². The summed E-state index contributed by atoms with van der Waals surface area (Å²) in [4.78, 5) is 12.7. The van der Waals surface area contributed by atoms with Crippen molar-refractivity contribution in [3.63, 3.8) is 0 Å². The summed E-state index contributed by atoms with van der Waals surface area (Å²) in [5.41, 5.74) is 5.61. The summed E-state index contributed by atoms with van der Waals surface area (Å²) in [7, 11) is 0. The number of hydrogen-bond acceptors (Lipinski definition) is 4. The van der Waals surface area contributed by atoms with E-state index in [0.29, 0.717) is 0 Å². The van der Waals surface area contributed by atoms with Crippen molar-refractivity contribution in [3.05, 3.63) is 77.6 Å². The molecule has 30 heavy (non-hydrogen) atoms. The molecule has 1 aliphatic rings. The minimum Gasteiger partial charge on any atom is -0.368 e. The molecule has 1 aliphatic heterocycles. The molecular formula is C24H24ClN5. The van der Waals surface area contributed by atoms with Crippen LogP contribution < -0.4 is 15.1 Å². The van der Waals surface area contributed by atoms with Gasteiger partial charge in [0.05, 0.1) is 5.02 Å². The number of nitrogens with one attached hydrogen (secondary N) is 2. The van der Waals surface area contributed by atoms with Gasteiger partial charge in [0, 0.05) is 72.1 Å². The lowest BCUT2D eigenvalue weighted by Gasteiger charge is -2.38. The Labute approximate surface area is 181 Å². The highest BCUT2D eigenvalue weighted by atomic mass is 35.5. The molecule has 2 aromatic heterocycles. The van der Waals surface area contributed by atoms with Crippen molar-refractivity contribution in [2.24, 2.45) is 0 Å². The fourth-order valence-corrected chi connectivity index (χ4v) is 4.45. The number of fused-ring (bicyclic) bond motifs is 1. The number of piperazine rings is 1. The van der Waals surface area contributed by atoms with Gasteiger partial charge in [0.25, 0.3) is 0 Å². The Morgan fingerprint density at radius 2 is 1.73 bits per heavy atom. The van der Waals surface area contributed by atoms with Gasteiger partial charge in [-0.1, -0.05) is 29.8 Å². The van der Waals surface area contributed by atoms with Crippen LogP contribution in [0.3, 0.4) is 0 Å². The van der Waals surface area contributed by atoms with E-state index in [4.69, 9.17) is 11.6 Å². The largest absolute Gasteiger partial charge is 0.368 e. The third-order valence-corrected chi connectivity index (χ3v) is 6.11. The summed E-state index contributed by atoms with van der Waals surface area (Å²) >= 11 is 6.43. The summed E-state index contributed by atoms with van der Waals surface area (Å²) in [6.45, 7) is 6.11. The maximum absolute atomic E-state index is 6.43. The number of nitrogens with zero attached hydrogens (tertiary/aromatic N) is 3. The van der Waals surface area contributed by atoms with Crippen LogP contribution in [0.2, 0.25) is 5.02 Å². The topological polar surface area (TPSA) is 47.2 Å². The average Bonchev–Trinajstić information content (AvgIpc) is 3.25. The number of hydrogen-bond donors (Lipinski definition) is 2. The predicted octanol–water partition coefficient (Wildman–Crippen LogP) is 5.59. The van der Waals surface area contributed by atoms with Crippen LogP contribution >= 0.6 is 11.6 Å². The van der Waals surface area contributed by atoms with E-state index >= 15 is 0 Å². The molecule has 0 atom stereocenters. The van der Waals surface area contributed by atoms with Gasteiger partial charge in [-0.2, -0.15) is 0 Å². The Bertz CT molecular complexity index is 1160. The molecule has 3 heterocycles. The van der Waals surface area contributed by atoms with Crippen molar-refractivity contribution in [3.8, 4) is 0 Å². The molecule has 2 N–H and O–H groups in total. The second-order valence-electron chi connectivity index (χ2n) is 7.64. The summed E-state index contributed by atoms with van der Waals surface area (Å²) in [6.07, 6.45) is 3.78. The first-order valence-corrected chi connectivity index (χ1v) is 10.6. The van der Waals surface area contributed by atoms with E-state index < -0.39 is 0 Å². The smallest absolute Gasteiger partial charge is 0.135 e. The van der Waals surface area contributed by atoms with E-state index in [2.05, 4.69) is 74.5 Å². The molecule has 0 saturated carbocycles. The van der Waals surface area contributed by atoms with Crippen molar-refractivity contribution >= 4 is 45.4 Å². The third kappa shape index (κ3) is 3.57. The molecule has 5 rings (SSSR count). The molecule has 0 amide bonds. The van der Waals surface area contributed by atoms with Crippen LogP contribution in [-0.4, -0.2) is 36.1 Å². The standard InChI is InChI=1S/C24H24ClN5/c1-17-23(30-13-11-29(12-14-30)19-5-3-2-4-6-19)8-10-27-24(17)28-18-15-21(25)20-7-9-26-22(20)16-18/h2-10,15-16,26H,11-14H2,1H3,(H,27,28). The Kier molecular flexibility index (Phi) is 4.97. The van der Waals surface area contributed by atoms with Gasteiger partial charge < -0.3 is 20.1 Å². The van der Waals surface area contributed by atoms with E-state index in [1.165, 1.54) is 11.4 Å². The monoisotopic (exact) mass is 417 g/mol. The van der Waals surface area contributed by atoms with Crippen molar-refractivity contribution in [2.45, 2.75) is 6.92 Å². The van der Waals surface area contributed by atoms with Gasteiger partial charge in [0.1, 0.15) is 5.82 Å². The van der Waals surface area contributed by atoms with E-state index in [-0.39, 0.29) is 0 Å². The van der Waals surface area contributed by atoms with Crippen LogP contribution in [0, 0.1) is 6.92 Å². The van der Waals surface area contributed by atoms with Gasteiger partial charge >= 0.3 is 0 Å². The average molecular weight is 418 g/mol. The highest BCUT2D eigenvalue weighted by Crippen LogP contribution is 2.32. The summed E-state index contributed by atoms with van der Waals surface area (Å²) in [6, 6.07) is 18.7. The van der Waals surface area contributed by atoms with E-state index in [9.17, 15) is 0 Å². The van der Waals surface area contributed by atoms with Crippen molar-refractivity contribution in [1.29, 1.82) is 0 Å². The quantitative estimate of drug-likeness (QED) is 0.454. The maximum atomic E-state index is 6.43. The first-order chi connectivity index (χ1) is 14.7. The number of aromatic nitrogens is 2. The number of H-pyrrole nitrogens is 1. The van der Waals surface area contributed by atoms with Crippen LogP contribution in [-0.2, 0) is 0 Å². The highest BCUT2D eigenvalue weighted by Gasteiger charge is 2.20. The van der Waals surface area contributed by atoms with Gasteiger partial charge in [0.2, 0.25) is 0 Å². The number of halogens is 1. The van der Waals surface area contributed by atoms with E-state index in [1.807, 2.05) is 24.5 Å². The van der Waals surface area contributed by atoms with Crippen LogP contribution in [0.4, 0.5) is 22.9 Å². The number of para-hydroxylation sites is 1. The Balaban J connectivity index is 1.34. The molecule has 152 valence electrons. The van der Waals surface area contributed by atoms with Gasteiger partial charge in [0.15, 0.2) is 0 Å². The number of anilines is 4. The van der Waals surface area contributed by atoms with Gasteiger partial charge in [-0.3, -0.25) is 0 Å². The lowest BCUT2D eigenvalue weighted by atomic mass is 10.1. The second kappa shape index (κ2) is 7.92. The first kappa shape index (κ1) is 18.8. The highest BCUT2D eigenvalue weighted by molar-refractivity contribution is 6.35. The minimum atomic E-state index is 0.724. The fourth-order valence-electron chi connectivity index (χ4n) is 4.17. The summed E-state index contributed by atoms with van der Waals surface area (Å²) in [5.74, 6) is 0.861. The van der Waals surface area contributed by atoms with Gasteiger partial charge in [-0.05, 0) is 43.3 Å². The SMILES string of the molecule is Cc1c(N2CCN(c3ccccc3)CC2)ccnc1Nc1cc(Cl)c2cc[nH]c2c1. The number of aromatic amines is 1. The van der Waals surface area contributed by atoms with Crippen molar-refractivity contribution in [2.75, 3.05) is 41.3 Å². The summed E-state index contributed by atoms with van der Waals surface area (Å²) in [5, 5.41) is 5.21. The maximum Gasteiger partial charge on any atom is 0.135 e. The molecule has 2 aromatic carbocycles. The van der Waals surface area contributed by atoms with Crippen molar-refractivity contribution < 1.29 is 0 Å². The zero-order valence-corrected chi connectivity index (χ0v) is 17.7. The Morgan fingerprint density at radius 1 is 0.967 bits per heavy atom. The molecule has 1 saturated heterocycles. The number of pyridine rings is 1. The zero-order chi connectivity index (χ0) is 20.5. The van der Waals surface area contributed by atoms with Crippen LogP contribution in [0.25, 0.3) is 10.9 Å². The number of rotatable bonds is 4. The second-order valence-corrected chi connectivity index (χ2v) is 8.04. The Morgan fingerprint density at radius 3 is 2.53 bits per heavy atom. The molecule has 5 nitrogen and oxygen atoms in total. The molecule has 0 aliphatic carbocycles. The molecule has 0 radical (unpaired) electrons. The number of benzene rings is 2. The van der Waals surface area contributed by atoms with Crippen molar-refractivity contribution in [1.82, 2.24) is 9.97 Å². The molecule has 1 fully saturated rings. The third-order valence-electron chi connectivity index (χ3n) is 5.80. The molecular weight excluding hydrogens is 394 g/mol. The molecule has 0 spiro atoms. The normalized spacial score (nSPS) is 14.3. The fraction of sp³-hybridized carbons (Fsp3) is 0.208. The van der Waals surface area contributed by atoms with Gasteiger partial charge in [-0.15, -0.1) is 0 Å².